The lowest BCUT2D eigenvalue weighted by atomic mass is 9.97. The number of hydrogen-bond donors (Lipinski definition) is 1. The Morgan fingerprint density at radius 1 is 1.18 bits per heavy atom. The Morgan fingerprint density at radius 3 is 2.43 bits per heavy atom. The second-order valence-corrected chi connectivity index (χ2v) is 8.45. The van der Waals surface area contributed by atoms with Crippen LogP contribution in [0.4, 0.5) is 0 Å². The van der Waals surface area contributed by atoms with Crippen LogP contribution in [-0.2, 0) is 4.79 Å². The average Bonchev–Trinajstić information content (AvgIpc) is 3.22. The Bertz CT molecular complexity index is 651. The molecule has 1 aromatic heterocycles. The second-order valence-electron chi connectivity index (χ2n) is 7.12. The minimum absolute atomic E-state index is 0. The van der Waals surface area contributed by atoms with E-state index in [9.17, 15) is 9.59 Å². The van der Waals surface area contributed by atoms with Gasteiger partial charge in [-0.3, -0.25) is 9.59 Å². The highest BCUT2D eigenvalue weighted by Gasteiger charge is 2.28. The molecule has 3 rings (SSSR count). The Balaban J connectivity index is 0.00000196. The van der Waals surface area contributed by atoms with Gasteiger partial charge >= 0.3 is 0 Å². The number of aromatic nitrogens is 1. The monoisotopic (exact) mass is 448 g/mol. The van der Waals surface area contributed by atoms with Crippen molar-refractivity contribution < 1.29 is 9.59 Å². The molecule has 0 saturated carbocycles. The summed E-state index contributed by atoms with van der Waals surface area (Å²) >= 11 is 1.39. The highest BCUT2D eigenvalue weighted by molar-refractivity contribution is 8.00. The normalized spacial score (nSPS) is 18.2. The molecule has 0 spiro atoms. The number of likely N-dealkylation sites (tertiary alicyclic amines) is 2. The van der Waals surface area contributed by atoms with Gasteiger partial charge in [0.05, 0.1) is 10.8 Å². The van der Waals surface area contributed by atoms with Crippen molar-refractivity contribution in [1.82, 2.24) is 14.8 Å². The van der Waals surface area contributed by atoms with E-state index in [1.165, 1.54) is 11.8 Å². The summed E-state index contributed by atoms with van der Waals surface area (Å²) in [6.07, 6.45) is 5.75. The molecular formula is C19H30Cl2N4O2S. The molecule has 0 bridgehead atoms. The van der Waals surface area contributed by atoms with Crippen LogP contribution in [-0.4, -0.2) is 64.6 Å². The van der Waals surface area contributed by atoms with Crippen molar-refractivity contribution in [2.45, 2.75) is 42.9 Å². The Morgan fingerprint density at radius 2 is 1.82 bits per heavy atom. The van der Waals surface area contributed by atoms with Crippen LogP contribution in [0.1, 0.15) is 43.0 Å². The van der Waals surface area contributed by atoms with Gasteiger partial charge in [-0.05, 0) is 57.2 Å². The molecule has 6 nitrogen and oxygen atoms in total. The molecule has 3 heterocycles. The van der Waals surface area contributed by atoms with Gasteiger partial charge in [0.1, 0.15) is 5.03 Å². The molecule has 2 N–H and O–H groups in total. The van der Waals surface area contributed by atoms with E-state index in [1.807, 2.05) is 22.8 Å². The molecule has 0 aliphatic carbocycles. The van der Waals surface area contributed by atoms with Crippen LogP contribution in [0.25, 0.3) is 0 Å². The first-order valence-electron chi connectivity index (χ1n) is 9.50. The number of pyridine rings is 1. The second kappa shape index (κ2) is 11.9. The fourth-order valence-electron chi connectivity index (χ4n) is 3.60. The SMILES string of the molecule is CC(Sc1ncccc1C(=O)N1CCC(CN)CC1)C(=O)N1CCCC1.Cl.Cl. The zero-order valence-corrected chi connectivity index (χ0v) is 18.7. The predicted octanol–water partition coefficient (Wildman–Crippen LogP) is 2.84. The van der Waals surface area contributed by atoms with E-state index in [0.29, 0.717) is 23.1 Å². The topological polar surface area (TPSA) is 79.5 Å². The number of carbonyl (C=O) groups excluding carboxylic acids is 2. The molecule has 1 atom stereocenters. The molecule has 2 saturated heterocycles. The summed E-state index contributed by atoms with van der Waals surface area (Å²) in [5.41, 5.74) is 6.34. The third kappa shape index (κ3) is 5.99. The molecule has 0 radical (unpaired) electrons. The largest absolute Gasteiger partial charge is 0.342 e. The van der Waals surface area contributed by atoms with E-state index in [0.717, 1.165) is 51.9 Å². The minimum atomic E-state index is -0.238. The van der Waals surface area contributed by atoms with Gasteiger partial charge in [0.25, 0.3) is 5.91 Å². The lowest BCUT2D eigenvalue weighted by Crippen LogP contribution is -2.40. The molecular weight excluding hydrogens is 419 g/mol. The van der Waals surface area contributed by atoms with Crippen molar-refractivity contribution in [2.75, 3.05) is 32.7 Å². The molecule has 0 aromatic carbocycles. The van der Waals surface area contributed by atoms with Gasteiger partial charge in [0.2, 0.25) is 5.91 Å². The van der Waals surface area contributed by atoms with Crippen LogP contribution in [0.3, 0.4) is 0 Å². The van der Waals surface area contributed by atoms with E-state index in [2.05, 4.69) is 4.98 Å². The van der Waals surface area contributed by atoms with Crippen molar-refractivity contribution >= 4 is 48.4 Å². The van der Waals surface area contributed by atoms with Crippen molar-refractivity contribution in [3.05, 3.63) is 23.9 Å². The van der Waals surface area contributed by atoms with Gasteiger partial charge < -0.3 is 15.5 Å². The standard InChI is InChI=1S/C19H28N4O2S.2ClH/c1-14(18(24)22-9-2-3-10-22)26-17-16(5-4-8-21-17)19(25)23-11-6-15(13-20)7-12-23;;/h4-5,8,14-15H,2-3,6-7,9-13,20H2,1H3;2*1H. The van der Waals surface area contributed by atoms with E-state index in [1.54, 1.807) is 12.3 Å². The summed E-state index contributed by atoms with van der Waals surface area (Å²) < 4.78 is 0. The molecule has 2 amide bonds. The molecule has 158 valence electrons. The fraction of sp³-hybridized carbons (Fsp3) is 0.632. The molecule has 28 heavy (non-hydrogen) atoms. The van der Waals surface area contributed by atoms with Crippen LogP contribution in [0.5, 0.6) is 0 Å². The predicted molar refractivity (Wildman–Crippen MR) is 118 cm³/mol. The maximum Gasteiger partial charge on any atom is 0.256 e. The summed E-state index contributed by atoms with van der Waals surface area (Å²) in [7, 11) is 0. The number of rotatable bonds is 5. The third-order valence-electron chi connectivity index (χ3n) is 5.29. The van der Waals surface area contributed by atoms with Crippen molar-refractivity contribution in [1.29, 1.82) is 0 Å². The van der Waals surface area contributed by atoms with Crippen molar-refractivity contribution in [2.24, 2.45) is 11.7 Å². The number of hydrogen-bond acceptors (Lipinski definition) is 5. The van der Waals surface area contributed by atoms with Gasteiger partial charge in [-0.1, -0.05) is 11.8 Å². The maximum absolute atomic E-state index is 13.0. The van der Waals surface area contributed by atoms with Gasteiger partial charge in [-0.15, -0.1) is 24.8 Å². The number of piperidine rings is 1. The van der Waals surface area contributed by atoms with Gasteiger partial charge in [0, 0.05) is 32.4 Å². The van der Waals surface area contributed by atoms with Crippen LogP contribution in [0, 0.1) is 5.92 Å². The van der Waals surface area contributed by atoms with Crippen LogP contribution < -0.4 is 5.73 Å². The molecule has 2 aliphatic heterocycles. The lowest BCUT2D eigenvalue weighted by Gasteiger charge is -2.31. The first-order valence-corrected chi connectivity index (χ1v) is 10.4. The number of thioether (sulfide) groups is 1. The highest BCUT2D eigenvalue weighted by Crippen LogP contribution is 2.28. The summed E-state index contributed by atoms with van der Waals surface area (Å²) in [5.74, 6) is 0.664. The summed E-state index contributed by atoms with van der Waals surface area (Å²) in [4.78, 5) is 33.7. The number of nitrogens with two attached hydrogens (primary N) is 1. The number of amides is 2. The average molecular weight is 449 g/mol. The van der Waals surface area contributed by atoms with E-state index < -0.39 is 0 Å². The maximum atomic E-state index is 13.0. The molecule has 1 unspecified atom stereocenters. The Hall–Kier alpha value is -1.02. The number of carbonyl (C=O) groups is 2. The van der Waals surface area contributed by atoms with Crippen LogP contribution in [0.2, 0.25) is 0 Å². The van der Waals surface area contributed by atoms with Crippen molar-refractivity contribution in [3.8, 4) is 0 Å². The zero-order valence-electron chi connectivity index (χ0n) is 16.2. The first kappa shape index (κ1) is 25.0. The third-order valence-corrected chi connectivity index (χ3v) is 6.39. The summed E-state index contributed by atoms with van der Waals surface area (Å²) in [6.45, 7) is 5.75. The Kier molecular flexibility index (Phi) is 10.6. The number of nitrogens with zero attached hydrogens (tertiary/aromatic N) is 3. The van der Waals surface area contributed by atoms with Gasteiger partial charge in [-0.2, -0.15) is 0 Å². The molecule has 1 aromatic rings. The van der Waals surface area contributed by atoms with Gasteiger partial charge in [0.15, 0.2) is 0 Å². The quantitative estimate of drug-likeness (QED) is 0.700. The fourth-order valence-corrected chi connectivity index (χ4v) is 4.59. The van der Waals surface area contributed by atoms with Crippen LogP contribution >= 0.6 is 36.6 Å². The smallest absolute Gasteiger partial charge is 0.256 e. The highest BCUT2D eigenvalue weighted by atomic mass is 35.5. The first-order chi connectivity index (χ1) is 12.6. The molecule has 2 aliphatic rings. The lowest BCUT2D eigenvalue weighted by molar-refractivity contribution is -0.129. The van der Waals surface area contributed by atoms with E-state index >= 15 is 0 Å². The van der Waals surface area contributed by atoms with E-state index in [4.69, 9.17) is 5.73 Å². The van der Waals surface area contributed by atoms with Crippen LogP contribution in [0.15, 0.2) is 23.4 Å². The molecule has 9 heteroatoms. The van der Waals surface area contributed by atoms with E-state index in [-0.39, 0.29) is 41.9 Å². The minimum Gasteiger partial charge on any atom is -0.342 e. The van der Waals surface area contributed by atoms with Gasteiger partial charge in [-0.25, -0.2) is 4.98 Å². The summed E-state index contributed by atoms with van der Waals surface area (Å²) in [5, 5.41) is 0.413. The molecule has 2 fully saturated rings. The summed E-state index contributed by atoms with van der Waals surface area (Å²) in [6, 6.07) is 3.61. The Labute approximate surface area is 183 Å². The zero-order chi connectivity index (χ0) is 18.5. The number of halogens is 2. The van der Waals surface area contributed by atoms with Crippen molar-refractivity contribution in [3.63, 3.8) is 0 Å².